The van der Waals surface area contributed by atoms with Crippen molar-refractivity contribution in [2.24, 2.45) is 0 Å². The van der Waals surface area contributed by atoms with E-state index in [9.17, 15) is 18.0 Å². The highest BCUT2D eigenvalue weighted by Crippen LogP contribution is 2.23. The molecular formula is C16H17Cl2NO5S. The first-order chi connectivity index (χ1) is 11.6. The van der Waals surface area contributed by atoms with Crippen LogP contribution in [0.5, 0.6) is 0 Å². The van der Waals surface area contributed by atoms with Crippen molar-refractivity contribution in [3.8, 4) is 0 Å². The second-order valence-corrected chi connectivity index (χ2v) is 9.06. The third kappa shape index (κ3) is 6.02. The highest BCUT2D eigenvalue weighted by atomic mass is 35.5. The zero-order valence-corrected chi connectivity index (χ0v) is 15.7. The van der Waals surface area contributed by atoms with E-state index in [1.165, 1.54) is 6.08 Å². The van der Waals surface area contributed by atoms with Gasteiger partial charge in [-0.25, -0.2) is 13.2 Å². The third-order valence-corrected chi connectivity index (χ3v) is 6.29. The zero-order valence-electron chi connectivity index (χ0n) is 13.4. The van der Waals surface area contributed by atoms with Gasteiger partial charge in [0.05, 0.1) is 27.1 Å². The normalized spacial score (nSPS) is 22.0. The first-order valence-corrected chi connectivity index (χ1v) is 9.98. The number of carbonyl (C=O) groups is 2. The number of amides is 1. The van der Waals surface area contributed by atoms with E-state index in [1.807, 2.05) is 0 Å². The molecule has 136 valence electrons. The second-order valence-electron chi connectivity index (χ2n) is 6.07. The second kappa shape index (κ2) is 7.76. The number of nitrogens with one attached hydrogen (secondary N) is 1. The third-order valence-electron chi connectivity index (χ3n) is 3.65. The van der Waals surface area contributed by atoms with Gasteiger partial charge in [0.2, 0.25) is 0 Å². The molecule has 1 N–H and O–H groups in total. The van der Waals surface area contributed by atoms with Gasteiger partial charge in [0.25, 0.3) is 5.91 Å². The molecule has 25 heavy (non-hydrogen) atoms. The van der Waals surface area contributed by atoms with Crippen LogP contribution < -0.4 is 5.32 Å². The Balaban J connectivity index is 1.82. The molecule has 0 bridgehead atoms. The number of ether oxygens (including phenoxy) is 1. The van der Waals surface area contributed by atoms with Gasteiger partial charge in [0, 0.05) is 6.08 Å². The van der Waals surface area contributed by atoms with Crippen molar-refractivity contribution in [2.75, 3.05) is 18.1 Å². The van der Waals surface area contributed by atoms with Gasteiger partial charge >= 0.3 is 5.97 Å². The minimum Gasteiger partial charge on any atom is -0.452 e. The molecule has 1 heterocycles. The predicted molar refractivity (Wildman–Crippen MR) is 96.3 cm³/mol. The van der Waals surface area contributed by atoms with Crippen molar-refractivity contribution in [3.05, 3.63) is 39.9 Å². The zero-order chi connectivity index (χ0) is 18.7. The van der Waals surface area contributed by atoms with Crippen molar-refractivity contribution in [1.29, 1.82) is 0 Å². The predicted octanol–water partition coefficient (Wildman–Crippen LogP) is 2.24. The molecule has 1 saturated heterocycles. The summed E-state index contributed by atoms with van der Waals surface area (Å²) in [7, 11) is -3.13. The fourth-order valence-corrected chi connectivity index (χ4v) is 4.85. The standard InChI is InChI=1S/C16H17Cl2NO5S/c1-16(6-7-25(22,23)10-16)19-14(20)9-24-15(21)5-3-11-2-4-12(17)13(18)8-11/h2-5,8H,6-7,9-10H2,1H3,(H,19,20)/b5-3+/t16-/m0/s1. The quantitative estimate of drug-likeness (QED) is 0.599. The Bertz CT molecular complexity index is 822. The minimum atomic E-state index is -3.13. The van der Waals surface area contributed by atoms with Crippen molar-refractivity contribution >= 4 is 51.0 Å². The summed E-state index contributed by atoms with van der Waals surface area (Å²) in [6, 6.07) is 4.85. The van der Waals surface area contributed by atoms with Gasteiger partial charge in [-0.15, -0.1) is 0 Å². The number of sulfone groups is 1. The molecule has 6 nitrogen and oxygen atoms in total. The van der Waals surface area contributed by atoms with Crippen LogP contribution in [0.15, 0.2) is 24.3 Å². The van der Waals surface area contributed by atoms with E-state index < -0.39 is 33.9 Å². The molecule has 1 aromatic rings. The van der Waals surface area contributed by atoms with Crippen LogP contribution in [0.4, 0.5) is 0 Å². The average molecular weight is 406 g/mol. The fraction of sp³-hybridized carbons (Fsp3) is 0.375. The molecule has 1 aliphatic heterocycles. The Morgan fingerprint density at radius 3 is 2.64 bits per heavy atom. The Morgan fingerprint density at radius 1 is 1.32 bits per heavy atom. The average Bonchev–Trinajstić information content (AvgIpc) is 2.79. The Morgan fingerprint density at radius 2 is 2.04 bits per heavy atom. The molecule has 0 spiro atoms. The van der Waals surface area contributed by atoms with Crippen molar-refractivity contribution in [3.63, 3.8) is 0 Å². The van der Waals surface area contributed by atoms with E-state index in [0.29, 0.717) is 22.0 Å². The van der Waals surface area contributed by atoms with Crippen LogP contribution in [0.3, 0.4) is 0 Å². The summed E-state index contributed by atoms with van der Waals surface area (Å²) in [5.74, 6) is -1.33. The highest BCUT2D eigenvalue weighted by Gasteiger charge is 2.39. The van der Waals surface area contributed by atoms with E-state index in [1.54, 1.807) is 25.1 Å². The lowest BCUT2D eigenvalue weighted by Crippen LogP contribution is -2.48. The summed E-state index contributed by atoms with van der Waals surface area (Å²) in [6.45, 7) is 1.17. The van der Waals surface area contributed by atoms with Gasteiger partial charge in [-0.3, -0.25) is 4.79 Å². The van der Waals surface area contributed by atoms with Crippen LogP contribution >= 0.6 is 23.2 Å². The van der Waals surface area contributed by atoms with Gasteiger partial charge in [0.15, 0.2) is 16.4 Å². The number of carbonyl (C=O) groups excluding carboxylic acids is 2. The summed E-state index contributed by atoms with van der Waals surface area (Å²) in [5.41, 5.74) is -0.169. The van der Waals surface area contributed by atoms with Crippen LogP contribution in [0.2, 0.25) is 10.0 Å². The van der Waals surface area contributed by atoms with Crippen LogP contribution in [-0.4, -0.2) is 43.9 Å². The van der Waals surface area contributed by atoms with Crippen LogP contribution in [-0.2, 0) is 24.2 Å². The molecule has 1 atom stereocenters. The number of benzene rings is 1. The lowest BCUT2D eigenvalue weighted by Gasteiger charge is -2.23. The van der Waals surface area contributed by atoms with E-state index >= 15 is 0 Å². The van der Waals surface area contributed by atoms with E-state index in [0.717, 1.165) is 6.08 Å². The topological polar surface area (TPSA) is 89.5 Å². The number of hydrogen-bond acceptors (Lipinski definition) is 5. The summed E-state index contributed by atoms with van der Waals surface area (Å²) in [5, 5.41) is 3.36. The fourth-order valence-electron chi connectivity index (χ4n) is 2.45. The Hall–Kier alpha value is -1.57. The maximum Gasteiger partial charge on any atom is 0.331 e. The number of halogens is 2. The first-order valence-electron chi connectivity index (χ1n) is 7.40. The molecule has 1 aliphatic rings. The molecular weight excluding hydrogens is 389 g/mol. The molecule has 1 fully saturated rings. The number of rotatable bonds is 5. The monoisotopic (exact) mass is 405 g/mol. The van der Waals surface area contributed by atoms with E-state index in [-0.39, 0.29) is 11.5 Å². The van der Waals surface area contributed by atoms with E-state index in [4.69, 9.17) is 27.9 Å². The summed E-state index contributed by atoms with van der Waals surface area (Å²) in [6.07, 6.45) is 2.98. The van der Waals surface area contributed by atoms with Crippen molar-refractivity contribution < 1.29 is 22.7 Å². The van der Waals surface area contributed by atoms with Crippen LogP contribution in [0, 0.1) is 0 Å². The maximum absolute atomic E-state index is 11.8. The first kappa shape index (κ1) is 19.8. The smallest absolute Gasteiger partial charge is 0.331 e. The molecule has 9 heteroatoms. The minimum absolute atomic E-state index is 0.0377. The van der Waals surface area contributed by atoms with Crippen molar-refractivity contribution in [2.45, 2.75) is 18.9 Å². The molecule has 0 aromatic heterocycles. The van der Waals surface area contributed by atoms with Crippen molar-refractivity contribution in [1.82, 2.24) is 5.32 Å². The Kier molecular flexibility index (Phi) is 6.13. The molecule has 1 aromatic carbocycles. The van der Waals surface area contributed by atoms with Gasteiger partial charge in [-0.1, -0.05) is 29.3 Å². The Labute approximate surface area is 156 Å². The van der Waals surface area contributed by atoms with Crippen LogP contribution in [0.25, 0.3) is 6.08 Å². The SMILES string of the molecule is C[C@]1(NC(=O)COC(=O)/C=C/c2ccc(Cl)c(Cl)c2)CCS(=O)(=O)C1. The van der Waals surface area contributed by atoms with Gasteiger partial charge in [-0.05, 0) is 37.1 Å². The largest absolute Gasteiger partial charge is 0.452 e. The number of hydrogen-bond donors (Lipinski definition) is 1. The highest BCUT2D eigenvalue weighted by molar-refractivity contribution is 7.91. The van der Waals surface area contributed by atoms with Gasteiger partial charge in [-0.2, -0.15) is 0 Å². The maximum atomic E-state index is 11.8. The van der Waals surface area contributed by atoms with Gasteiger partial charge < -0.3 is 10.1 Å². The molecule has 0 radical (unpaired) electrons. The van der Waals surface area contributed by atoms with Gasteiger partial charge in [0.1, 0.15) is 0 Å². The lowest BCUT2D eigenvalue weighted by molar-refractivity contribution is -0.144. The molecule has 2 rings (SSSR count). The van der Waals surface area contributed by atoms with Crippen LogP contribution in [0.1, 0.15) is 18.9 Å². The summed E-state index contributed by atoms with van der Waals surface area (Å²) in [4.78, 5) is 23.5. The molecule has 1 amide bonds. The summed E-state index contributed by atoms with van der Waals surface area (Å²) >= 11 is 11.7. The molecule has 0 unspecified atom stereocenters. The lowest BCUT2D eigenvalue weighted by atomic mass is 10.0. The molecule has 0 aliphatic carbocycles. The summed E-state index contributed by atoms with van der Waals surface area (Å²) < 4.78 is 27.8. The number of esters is 1. The molecule has 0 saturated carbocycles. The van der Waals surface area contributed by atoms with E-state index in [2.05, 4.69) is 5.32 Å².